The van der Waals surface area contributed by atoms with Crippen LogP contribution in [0.15, 0.2) is 85.1 Å². The van der Waals surface area contributed by atoms with E-state index in [2.05, 4.69) is 9.97 Å². The molecule has 6 heteroatoms. The zero-order valence-electron chi connectivity index (χ0n) is 19.1. The van der Waals surface area contributed by atoms with E-state index in [9.17, 15) is 4.79 Å². The lowest BCUT2D eigenvalue weighted by Crippen LogP contribution is -2.26. The Morgan fingerprint density at radius 2 is 1.86 bits per heavy atom. The van der Waals surface area contributed by atoms with E-state index in [1.165, 1.54) is 0 Å². The second-order valence-electron chi connectivity index (χ2n) is 8.22. The van der Waals surface area contributed by atoms with E-state index >= 15 is 0 Å². The van der Waals surface area contributed by atoms with E-state index in [-0.39, 0.29) is 6.61 Å². The maximum Gasteiger partial charge on any atom is 0.347 e. The maximum atomic E-state index is 12.5. The number of nitrogens with zero attached hydrogens (tertiary/aromatic N) is 1. The summed E-state index contributed by atoms with van der Waals surface area (Å²) in [6, 6.07) is 25.1. The fourth-order valence-corrected chi connectivity index (χ4v) is 4.00. The molecule has 174 valence electrons. The first-order valence-electron chi connectivity index (χ1n) is 11.3. The van der Waals surface area contributed by atoms with Crippen molar-refractivity contribution >= 4 is 51.5 Å². The van der Waals surface area contributed by atoms with Crippen molar-refractivity contribution in [2.24, 2.45) is 0 Å². The maximum absolute atomic E-state index is 12.5. The Morgan fingerprint density at radius 3 is 2.77 bits per heavy atom. The van der Waals surface area contributed by atoms with E-state index in [0.717, 1.165) is 38.6 Å². The number of hydrogen-bond donors (Lipinski definition) is 1. The summed E-state index contributed by atoms with van der Waals surface area (Å²) in [5.74, 6) is 0.196. The third-order valence-corrected chi connectivity index (χ3v) is 5.87. The monoisotopic (exact) mass is 482 g/mol. The zero-order valence-corrected chi connectivity index (χ0v) is 19.8. The number of hydrogen-bond acceptors (Lipinski definition) is 4. The van der Waals surface area contributed by atoms with Crippen molar-refractivity contribution in [3.8, 4) is 5.75 Å². The number of H-pyrrole nitrogens is 1. The van der Waals surface area contributed by atoms with Crippen molar-refractivity contribution in [1.82, 2.24) is 9.97 Å². The van der Waals surface area contributed by atoms with Crippen molar-refractivity contribution in [2.75, 3.05) is 0 Å². The standard InChI is InChI=1S/C29H23ClN2O3/c1-19(35-27-7-3-6-23-14-15-31-28(23)27)29(33)34-18-21-5-2-4-20(16-21)8-12-25-13-10-22-9-11-24(30)17-26(22)32-25/h2-17,19,31H,18H2,1H3/b12-8+. The molecule has 0 aliphatic rings. The Balaban J connectivity index is 1.21. The minimum Gasteiger partial charge on any atom is -0.477 e. The largest absolute Gasteiger partial charge is 0.477 e. The van der Waals surface area contributed by atoms with Crippen LogP contribution in [0.1, 0.15) is 23.7 Å². The van der Waals surface area contributed by atoms with Crippen molar-refractivity contribution in [1.29, 1.82) is 0 Å². The zero-order chi connectivity index (χ0) is 24.2. The highest BCUT2D eigenvalue weighted by molar-refractivity contribution is 6.31. The molecule has 5 rings (SSSR count). The summed E-state index contributed by atoms with van der Waals surface area (Å²) in [4.78, 5) is 20.3. The van der Waals surface area contributed by atoms with Crippen molar-refractivity contribution in [2.45, 2.75) is 19.6 Å². The molecule has 0 saturated heterocycles. The van der Waals surface area contributed by atoms with Crippen molar-refractivity contribution in [3.05, 3.63) is 107 Å². The van der Waals surface area contributed by atoms with Crippen LogP contribution in [0.2, 0.25) is 5.02 Å². The lowest BCUT2D eigenvalue weighted by atomic mass is 10.1. The fraction of sp³-hybridized carbons (Fsp3) is 0.103. The molecule has 5 aromatic rings. The van der Waals surface area contributed by atoms with Gasteiger partial charge in [0.05, 0.1) is 16.7 Å². The molecule has 0 aliphatic carbocycles. The predicted molar refractivity (Wildman–Crippen MR) is 140 cm³/mol. The second-order valence-corrected chi connectivity index (χ2v) is 8.65. The average Bonchev–Trinajstić information content (AvgIpc) is 3.36. The number of nitrogens with one attached hydrogen (secondary N) is 1. The van der Waals surface area contributed by atoms with Gasteiger partial charge >= 0.3 is 5.97 Å². The summed E-state index contributed by atoms with van der Waals surface area (Å²) in [5.41, 5.74) is 4.41. The highest BCUT2D eigenvalue weighted by Crippen LogP contribution is 2.25. The molecule has 5 nitrogen and oxygen atoms in total. The molecule has 0 amide bonds. The summed E-state index contributed by atoms with van der Waals surface area (Å²) in [6.45, 7) is 1.85. The summed E-state index contributed by atoms with van der Waals surface area (Å²) in [7, 11) is 0. The predicted octanol–water partition coefficient (Wildman–Crippen LogP) is 7.05. The van der Waals surface area contributed by atoms with Gasteiger partial charge in [-0.2, -0.15) is 0 Å². The highest BCUT2D eigenvalue weighted by Gasteiger charge is 2.18. The van der Waals surface area contributed by atoms with Gasteiger partial charge in [-0.15, -0.1) is 0 Å². The normalized spacial score (nSPS) is 12.3. The van der Waals surface area contributed by atoms with E-state index in [4.69, 9.17) is 21.1 Å². The number of para-hydroxylation sites is 1. The van der Waals surface area contributed by atoms with Gasteiger partial charge in [0.2, 0.25) is 0 Å². The molecule has 0 saturated carbocycles. The topological polar surface area (TPSA) is 64.2 Å². The van der Waals surface area contributed by atoms with Crippen LogP contribution in [0.5, 0.6) is 5.75 Å². The number of esters is 1. The van der Waals surface area contributed by atoms with Crippen LogP contribution < -0.4 is 4.74 Å². The van der Waals surface area contributed by atoms with E-state index in [1.807, 2.05) is 97.2 Å². The Morgan fingerprint density at radius 1 is 1.00 bits per heavy atom. The molecule has 1 atom stereocenters. The summed E-state index contributed by atoms with van der Waals surface area (Å²) >= 11 is 6.09. The second kappa shape index (κ2) is 10.0. The van der Waals surface area contributed by atoms with Gasteiger partial charge in [0.25, 0.3) is 0 Å². The number of carbonyl (C=O) groups is 1. The SMILES string of the molecule is CC(Oc1cccc2cc[nH]c12)C(=O)OCc1cccc(/C=C/c2ccc3ccc(Cl)cc3n2)c1. The van der Waals surface area contributed by atoms with Gasteiger partial charge in [-0.1, -0.05) is 60.1 Å². The Kier molecular flexibility index (Phi) is 6.51. The van der Waals surface area contributed by atoms with Gasteiger partial charge in [-0.05, 0) is 60.5 Å². The van der Waals surface area contributed by atoms with Gasteiger partial charge in [0.15, 0.2) is 6.10 Å². The molecular formula is C29H23ClN2O3. The molecule has 0 radical (unpaired) electrons. The Hall–Kier alpha value is -4.09. The summed E-state index contributed by atoms with van der Waals surface area (Å²) in [6.07, 6.45) is 5.03. The quantitative estimate of drug-likeness (QED) is 0.252. The minimum absolute atomic E-state index is 0.160. The molecule has 1 unspecified atom stereocenters. The number of carbonyl (C=O) groups excluding carboxylic acids is 1. The number of pyridine rings is 1. The lowest BCUT2D eigenvalue weighted by molar-refractivity contribution is -0.152. The van der Waals surface area contributed by atoms with Crippen LogP contribution in [0, 0.1) is 0 Å². The van der Waals surface area contributed by atoms with Gasteiger partial charge < -0.3 is 14.5 Å². The molecule has 2 aromatic heterocycles. The summed E-state index contributed by atoms with van der Waals surface area (Å²) < 4.78 is 11.4. The van der Waals surface area contributed by atoms with Crippen LogP contribution in [0.4, 0.5) is 0 Å². The third kappa shape index (κ3) is 5.36. The number of halogens is 1. The van der Waals surface area contributed by atoms with Crippen LogP contribution in [-0.4, -0.2) is 22.0 Å². The molecule has 0 fully saturated rings. The number of fused-ring (bicyclic) bond motifs is 2. The average molecular weight is 483 g/mol. The first-order valence-corrected chi connectivity index (χ1v) is 11.7. The van der Waals surface area contributed by atoms with Crippen LogP contribution in [-0.2, 0) is 16.1 Å². The van der Waals surface area contributed by atoms with Gasteiger partial charge in [-0.25, -0.2) is 9.78 Å². The molecule has 2 heterocycles. The Labute approximate surface area is 208 Å². The van der Waals surface area contributed by atoms with Crippen LogP contribution in [0.25, 0.3) is 34.0 Å². The number of benzene rings is 3. The van der Waals surface area contributed by atoms with Crippen LogP contribution in [0.3, 0.4) is 0 Å². The Bertz CT molecular complexity index is 1540. The van der Waals surface area contributed by atoms with Crippen molar-refractivity contribution in [3.63, 3.8) is 0 Å². The molecule has 35 heavy (non-hydrogen) atoms. The molecule has 1 N–H and O–H groups in total. The molecule has 0 bridgehead atoms. The van der Waals surface area contributed by atoms with E-state index in [1.54, 1.807) is 6.92 Å². The summed E-state index contributed by atoms with van der Waals surface area (Å²) in [5, 5.41) is 2.73. The number of ether oxygens (including phenoxy) is 2. The van der Waals surface area contributed by atoms with Gasteiger partial charge in [0.1, 0.15) is 12.4 Å². The minimum atomic E-state index is -0.737. The number of aromatic amines is 1. The molecule has 0 aliphatic heterocycles. The first kappa shape index (κ1) is 22.7. The first-order chi connectivity index (χ1) is 17.0. The van der Waals surface area contributed by atoms with Crippen LogP contribution >= 0.6 is 11.6 Å². The highest BCUT2D eigenvalue weighted by atomic mass is 35.5. The van der Waals surface area contributed by atoms with Gasteiger partial charge in [-0.3, -0.25) is 0 Å². The number of rotatable bonds is 7. The van der Waals surface area contributed by atoms with E-state index < -0.39 is 12.1 Å². The smallest absolute Gasteiger partial charge is 0.347 e. The molecule has 3 aromatic carbocycles. The molecular weight excluding hydrogens is 460 g/mol. The molecule has 0 spiro atoms. The third-order valence-electron chi connectivity index (χ3n) is 5.64. The van der Waals surface area contributed by atoms with Crippen molar-refractivity contribution < 1.29 is 14.3 Å². The fourth-order valence-electron chi connectivity index (χ4n) is 3.83. The lowest BCUT2D eigenvalue weighted by Gasteiger charge is -2.15. The van der Waals surface area contributed by atoms with Gasteiger partial charge in [0, 0.05) is 22.0 Å². The van der Waals surface area contributed by atoms with E-state index in [0.29, 0.717) is 10.8 Å². The number of aromatic nitrogens is 2.